The lowest BCUT2D eigenvalue weighted by molar-refractivity contribution is -0.403. The molecule has 0 spiro atoms. The third-order valence-electron chi connectivity index (χ3n) is 7.61. The molecule has 210 valence electrons. The molecule has 0 amide bonds. The summed E-state index contributed by atoms with van der Waals surface area (Å²) < 4.78 is 0. The Morgan fingerprint density at radius 2 is 0.667 bits per heavy atom. The van der Waals surface area contributed by atoms with E-state index in [4.69, 9.17) is 0 Å². The van der Waals surface area contributed by atoms with Crippen molar-refractivity contribution < 1.29 is 14.8 Å². The van der Waals surface area contributed by atoms with Gasteiger partial charge in [0.2, 0.25) is 0 Å². The van der Waals surface area contributed by atoms with Crippen molar-refractivity contribution in [3.05, 3.63) is 65.6 Å². The van der Waals surface area contributed by atoms with Crippen molar-refractivity contribution >= 4 is 35.3 Å². The summed E-state index contributed by atoms with van der Waals surface area (Å²) in [5, 5.41) is 37.4. The van der Waals surface area contributed by atoms with Gasteiger partial charge in [0.05, 0.1) is 14.8 Å². The summed E-state index contributed by atoms with van der Waals surface area (Å²) in [7, 11) is 0. The predicted molar refractivity (Wildman–Crippen MR) is 150 cm³/mol. The molecule has 12 heteroatoms. The van der Waals surface area contributed by atoms with Crippen LogP contribution in [0.1, 0.15) is 74.5 Å². The number of nitrogens with zero attached hydrogens (tertiary/aromatic N) is 6. The maximum atomic E-state index is 12.5. The topological polar surface area (TPSA) is 139 Å². The zero-order valence-corrected chi connectivity index (χ0v) is 22.2. The minimum absolute atomic E-state index is 0.224. The van der Waals surface area contributed by atoms with Gasteiger partial charge in [-0.1, -0.05) is 0 Å². The van der Waals surface area contributed by atoms with E-state index >= 15 is 0 Å². The number of rotatable bonds is 9. The molecule has 0 radical (unpaired) electrons. The van der Waals surface area contributed by atoms with Crippen molar-refractivity contribution in [3.63, 3.8) is 0 Å². The second kappa shape index (κ2) is 13.2. The summed E-state index contributed by atoms with van der Waals surface area (Å²) >= 11 is 0. The molecule has 3 saturated heterocycles. The maximum Gasteiger partial charge on any atom is 0.297 e. The zero-order valence-electron chi connectivity index (χ0n) is 22.2. The molecule has 1 aromatic rings. The van der Waals surface area contributed by atoms with Crippen LogP contribution in [0.3, 0.4) is 0 Å². The Labute approximate surface area is 227 Å². The van der Waals surface area contributed by atoms with E-state index in [0.717, 1.165) is 97.1 Å². The average molecular weight is 541 g/mol. The number of nitro groups is 3. The summed E-state index contributed by atoms with van der Waals surface area (Å²) in [5.74, 6) is 0. The molecule has 39 heavy (non-hydrogen) atoms. The van der Waals surface area contributed by atoms with Gasteiger partial charge in [-0.2, -0.15) is 0 Å². The first-order chi connectivity index (χ1) is 18.9. The van der Waals surface area contributed by atoms with Crippen molar-refractivity contribution in [2.75, 3.05) is 39.3 Å². The van der Waals surface area contributed by atoms with E-state index in [0.29, 0.717) is 0 Å². The van der Waals surface area contributed by atoms with Gasteiger partial charge in [-0.15, -0.1) is 0 Å². The fourth-order valence-electron chi connectivity index (χ4n) is 5.58. The van der Waals surface area contributed by atoms with Gasteiger partial charge < -0.3 is 14.7 Å². The van der Waals surface area contributed by atoms with Crippen LogP contribution in [-0.2, 0) is 0 Å². The Morgan fingerprint density at radius 3 is 0.872 bits per heavy atom. The largest absolute Gasteiger partial charge is 0.377 e. The molecule has 1 aromatic carbocycles. The van der Waals surface area contributed by atoms with Crippen molar-refractivity contribution in [2.45, 2.75) is 57.8 Å². The highest BCUT2D eigenvalue weighted by atomic mass is 16.6. The van der Waals surface area contributed by atoms with Crippen LogP contribution in [0.15, 0.2) is 18.6 Å². The number of likely N-dealkylation sites (tertiary alicyclic amines) is 3. The summed E-state index contributed by atoms with van der Waals surface area (Å²) in [6.07, 6.45) is 18.1. The van der Waals surface area contributed by atoms with Gasteiger partial charge in [0.15, 0.2) is 0 Å². The number of piperidine rings is 3. The van der Waals surface area contributed by atoms with E-state index in [1.807, 2.05) is 14.7 Å². The molecule has 3 aliphatic heterocycles. The van der Waals surface area contributed by atoms with Crippen molar-refractivity contribution in [3.8, 4) is 0 Å². The Morgan fingerprint density at radius 1 is 0.436 bits per heavy atom. The minimum atomic E-state index is -0.732. The lowest BCUT2D eigenvalue weighted by Gasteiger charge is -2.25. The molecule has 3 fully saturated rings. The second-order valence-corrected chi connectivity index (χ2v) is 10.3. The van der Waals surface area contributed by atoms with Crippen LogP contribution in [0.25, 0.3) is 18.2 Å². The first-order valence-electron chi connectivity index (χ1n) is 13.8. The van der Waals surface area contributed by atoms with E-state index in [1.54, 1.807) is 18.6 Å². The fraction of sp³-hybridized carbons (Fsp3) is 0.556. The van der Waals surface area contributed by atoms with Crippen LogP contribution in [-0.4, -0.2) is 68.7 Å². The molecular formula is C27H36N6O6. The lowest BCUT2D eigenvalue weighted by atomic mass is 9.95. The molecule has 0 saturated carbocycles. The summed E-state index contributed by atoms with van der Waals surface area (Å²) in [6.45, 7) is 4.47. The smallest absolute Gasteiger partial charge is 0.297 e. The first-order valence-corrected chi connectivity index (χ1v) is 13.8. The maximum absolute atomic E-state index is 12.5. The summed E-state index contributed by atoms with van der Waals surface area (Å²) in [4.78, 5) is 41.1. The summed E-state index contributed by atoms with van der Waals surface area (Å²) in [5.41, 5.74) is -2.53. The molecule has 0 N–H and O–H groups in total. The number of hydrogen-bond acceptors (Lipinski definition) is 9. The summed E-state index contributed by atoms with van der Waals surface area (Å²) in [6, 6.07) is 0. The molecule has 4 rings (SSSR count). The highest BCUT2D eigenvalue weighted by Crippen LogP contribution is 2.45. The van der Waals surface area contributed by atoms with Crippen molar-refractivity contribution in [2.24, 2.45) is 0 Å². The SMILES string of the molecule is O=[N+]([O-])c1c(/C=C/N2CCCCC2)c([N+](=O)[O-])c(/C=C/N2CCCCC2)c([N+](=O)[O-])c1/C=C/N1CCCCC1. The number of nitro benzene ring substituents is 3. The third kappa shape index (κ3) is 6.92. The van der Waals surface area contributed by atoms with Crippen LogP contribution in [0.2, 0.25) is 0 Å². The van der Waals surface area contributed by atoms with E-state index in [-0.39, 0.29) is 16.7 Å². The average Bonchev–Trinajstić information content (AvgIpc) is 2.94. The standard InChI is InChI=1S/C27H36N6O6/c34-31(35)25-22(10-19-28-13-4-1-5-14-28)26(32(36)37)24(12-21-30-17-8-3-9-18-30)27(33(38)39)23(25)11-20-29-15-6-2-7-16-29/h10-12,19-21H,1-9,13-18H2/b19-10+,20-11+,21-12+. The normalized spacial score (nSPS) is 18.9. The van der Waals surface area contributed by atoms with E-state index in [9.17, 15) is 30.3 Å². The molecule has 3 aliphatic rings. The Kier molecular flexibility index (Phi) is 9.50. The van der Waals surface area contributed by atoms with Gasteiger partial charge in [-0.05, 0) is 76.0 Å². The van der Waals surface area contributed by atoms with E-state index < -0.39 is 31.8 Å². The predicted octanol–water partition coefficient (Wildman–Crippen LogP) is 5.78. The Balaban J connectivity index is 1.94. The van der Waals surface area contributed by atoms with E-state index in [2.05, 4.69) is 0 Å². The highest BCUT2D eigenvalue weighted by Gasteiger charge is 2.39. The Bertz CT molecular complexity index is 998. The van der Waals surface area contributed by atoms with Gasteiger partial charge in [0.1, 0.15) is 16.7 Å². The monoisotopic (exact) mass is 540 g/mol. The van der Waals surface area contributed by atoms with Crippen molar-refractivity contribution in [1.29, 1.82) is 0 Å². The van der Waals surface area contributed by atoms with Crippen LogP contribution in [0.4, 0.5) is 17.1 Å². The quantitative estimate of drug-likeness (QED) is 0.281. The molecule has 12 nitrogen and oxygen atoms in total. The number of hydrogen-bond donors (Lipinski definition) is 0. The van der Waals surface area contributed by atoms with Gasteiger partial charge in [-0.3, -0.25) is 30.3 Å². The van der Waals surface area contributed by atoms with Gasteiger partial charge in [-0.25, -0.2) is 0 Å². The molecule has 0 aliphatic carbocycles. The van der Waals surface area contributed by atoms with E-state index in [1.165, 1.54) is 18.2 Å². The molecule has 0 aromatic heterocycles. The van der Waals surface area contributed by atoms with Gasteiger partial charge >= 0.3 is 0 Å². The fourth-order valence-corrected chi connectivity index (χ4v) is 5.58. The molecule has 0 bridgehead atoms. The Hall–Kier alpha value is -3.96. The van der Waals surface area contributed by atoms with Crippen LogP contribution in [0.5, 0.6) is 0 Å². The van der Waals surface area contributed by atoms with Gasteiger partial charge in [0, 0.05) is 57.9 Å². The van der Waals surface area contributed by atoms with Crippen LogP contribution >= 0.6 is 0 Å². The molecule has 3 heterocycles. The van der Waals surface area contributed by atoms with Crippen LogP contribution in [0, 0.1) is 30.3 Å². The molecule has 0 atom stereocenters. The first kappa shape index (κ1) is 28.1. The lowest BCUT2D eigenvalue weighted by Crippen LogP contribution is -2.24. The second-order valence-electron chi connectivity index (χ2n) is 10.3. The third-order valence-corrected chi connectivity index (χ3v) is 7.61. The highest BCUT2D eigenvalue weighted by molar-refractivity contribution is 5.90. The van der Waals surface area contributed by atoms with Crippen LogP contribution < -0.4 is 0 Å². The zero-order chi connectivity index (χ0) is 27.8. The number of benzene rings is 1. The van der Waals surface area contributed by atoms with Gasteiger partial charge in [0.25, 0.3) is 17.1 Å². The molecule has 0 unspecified atom stereocenters. The molecular weight excluding hydrogens is 504 g/mol. The minimum Gasteiger partial charge on any atom is -0.377 e. The van der Waals surface area contributed by atoms with Crippen molar-refractivity contribution in [1.82, 2.24) is 14.7 Å².